The topological polar surface area (TPSA) is 65.4 Å². The Bertz CT molecular complexity index is 1320. The minimum absolute atomic E-state index is 0.0984. The molecule has 0 unspecified atom stereocenters. The minimum Gasteiger partial charge on any atom is -0.497 e. The normalized spacial score (nSPS) is 10.8. The van der Waals surface area contributed by atoms with Gasteiger partial charge in [0.05, 0.1) is 25.6 Å². The van der Waals surface area contributed by atoms with Crippen LogP contribution in [-0.4, -0.2) is 42.0 Å². The van der Waals surface area contributed by atoms with Crippen LogP contribution >= 0.6 is 11.8 Å². The van der Waals surface area contributed by atoms with Crippen molar-refractivity contribution in [2.75, 3.05) is 26.5 Å². The molecule has 0 spiro atoms. The Kier molecular flexibility index (Phi) is 10.5. The first-order valence-corrected chi connectivity index (χ1v) is 14.4. The molecule has 1 N–H and O–H groups in total. The summed E-state index contributed by atoms with van der Waals surface area (Å²) in [5, 5.41) is 4.02. The number of benzene rings is 3. The van der Waals surface area contributed by atoms with Crippen LogP contribution in [0, 0.1) is 0 Å². The van der Waals surface area contributed by atoms with E-state index in [9.17, 15) is 4.79 Å². The lowest BCUT2D eigenvalue weighted by Gasteiger charge is -2.13. The summed E-state index contributed by atoms with van der Waals surface area (Å²) in [5.41, 5.74) is 5.39. The third-order valence-corrected chi connectivity index (χ3v) is 7.53. The molecule has 4 aromatic rings. The van der Waals surface area contributed by atoms with Gasteiger partial charge in [-0.3, -0.25) is 4.79 Å². The van der Waals surface area contributed by atoms with Crippen molar-refractivity contribution in [2.45, 2.75) is 44.3 Å². The third-order valence-electron chi connectivity index (χ3n) is 6.46. The van der Waals surface area contributed by atoms with Crippen LogP contribution in [0.5, 0.6) is 11.5 Å². The summed E-state index contributed by atoms with van der Waals surface area (Å²) in [6, 6.07) is 26.4. The molecule has 0 aliphatic rings. The number of amides is 1. The summed E-state index contributed by atoms with van der Waals surface area (Å²) in [6.07, 6.45) is 3.13. The minimum atomic E-state index is 0.0984. The number of carbonyl (C=O) groups is 1. The molecule has 4 rings (SSSR count). The number of nitrogens with zero attached hydrogens (tertiary/aromatic N) is 2. The molecule has 1 amide bonds. The van der Waals surface area contributed by atoms with Crippen molar-refractivity contribution < 1.29 is 14.3 Å². The molecular formula is C32H37N3O3S. The maximum atomic E-state index is 12.4. The van der Waals surface area contributed by atoms with E-state index >= 15 is 0 Å². The van der Waals surface area contributed by atoms with Gasteiger partial charge in [0, 0.05) is 36.4 Å². The van der Waals surface area contributed by atoms with Crippen molar-refractivity contribution >= 4 is 17.7 Å². The van der Waals surface area contributed by atoms with Gasteiger partial charge in [-0.1, -0.05) is 49.0 Å². The Labute approximate surface area is 235 Å². The van der Waals surface area contributed by atoms with Gasteiger partial charge in [0.2, 0.25) is 5.91 Å². The van der Waals surface area contributed by atoms with E-state index in [0.29, 0.717) is 13.0 Å². The Morgan fingerprint density at radius 2 is 1.54 bits per heavy atom. The van der Waals surface area contributed by atoms with Crippen molar-refractivity contribution in [3.8, 4) is 34.0 Å². The number of rotatable bonds is 14. The van der Waals surface area contributed by atoms with Gasteiger partial charge >= 0.3 is 0 Å². The number of hydrogen-bond acceptors (Lipinski definition) is 5. The molecule has 1 heterocycles. The van der Waals surface area contributed by atoms with E-state index in [4.69, 9.17) is 14.5 Å². The van der Waals surface area contributed by atoms with E-state index in [1.165, 1.54) is 5.56 Å². The lowest BCUT2D eigenvalue weighted by atomic mass is 10.0. The second-order valence-corrected chi connectivity index (χ2v) is 10.3. The summed E-state index contributed by atoms with van der Waals surface area (Å²) < 4.78 is 13.1. The molecule has 6 nitrogen and oxygen atoms in total. The number of aromatic nitrogens is 2. The number of imidazole rings is 1. The molecule has 0 aliphatic carbocycles. The summed E-state index contributed by atoms with van der Waals surface area (Å²) >= 11 is 1.71. The van der Waals surface area contributed by atoms with Gasteiger partial charge in [-0.05, 0) is 73.4 Å². The SMILES string of the molecule is CCCn1c(SCCCC(=O)NCCc2ccccc2)nc(-c2ccc(OC)cc2)c1-c1ccc(OC)cc1. The molecule has 0 aliphatic heterocycles. The first kappa shape index (κ1) is 28.3. The zero-order valence-corrected chi connectivity index (χ0v) is 23.8. The Hall–Kier alpha value is -3.71. The third kappa shape index (κ3) is 7.67. The average Bonchev–Trinajstić information content (AvgIpc) is 3.34. The zero-order valence-electron chi connectivity index (χ0n) is 23.0. The number of hydrogen-bond donors (Lipinski definition) is 1. The van der Waals surface area contributed by atoms with Crippen molar-refractivity contribution in [1.29, 1.82) is 0 Å². The number of ether oxygens (including phenoxy) is 2. The van der Waals surface area contributed by atoms with Crippen molar-refractivity contribution in [2.24, 2.45) is 0 Å². The number of nitrogens with one attached hydrogen (secondary N) is 1. The van der Waals surface area contributed by atoms with Gasteiger partial charge < -0.3 is 19.4 Å². The summed E-state index contributed by atoms with van der Waals surface area (Å²) in [6.45, 7) is 3.69. The molecule has 3 aromatic carbocycles. The quantitative estimate of drug-likeness (QED) is 0.139. The molecule has 0 fully saturated rings. The van der Waals surface area contributed by atoms with Gasteiger partial charge in [-0.2, -0.15) is 0 Å². The molecule has 204 valence electrons. The van der Waals surface area contributed by atoms with E-state index in [0.717, 1.165) is 70.7 Å². The van der Waals surface area contributed by atoms with Gasteiger partial charge in [-0.25, -0.2) is 4.98 Å². The fraction of sp³-hybridized carbons (Fsp3) is 0.312. The standard InChI is InChI=1S/C32H37N3O3S/c1-4-22-35-31(26-14-18-28(38-3)19-15-26)30(25-12-16-27(37-2)17-13-25)34-32(35)39-23-8-11-29(36)33-21-20-24-9-6-5-7-10-24/h5-7,9-10,12-19H,4,8,11,20-23H2,1-3H3,(H,33,36). The first-order valence-electron chi connectivity index (χ1n) is 13.5. The number of carbonyl (C=O) groups excluding carboxylic acids is 1. The van der Waals surface area contributed by atoms with Gasteiger partial charge in [0.15, 0.2) is 5.16 Å². The highest BCUT2D eigenvalue weighted by molar-refractivity contribution is 7.99. The second-order valence-electron chi connectivity index (χ2n) is 9.24. The molecule has 39 heavy (non-hydrogen) atoms. The van der Waals surface area contributed by atoms with E-state index in [-0.39, 0.29) is 5.91 Å². The maximum Gasteiger partial charge on any atom is 0.220 e. The second kappa shape index (κ2) is 14.4. The number of methoxy groups -OCH3 is 2. The molecule has 0 bridgehead atoms. The largest absolute Gasteiger partial charge is 0.497 e. The van der Waals surface area contributed by atoms with Crippen LogP contribution < -0.4 is 14.8 Å². The molecule has 0 saturated carbocycles. The molecular weight excluding hydrogens is 506 g/mol. The maximum absolute atomic E-state index is 12.4. The average molecular weight is 544 g/mol. The van der Waals surface area contributed by atoms with E-state index in [1.54, 1.807) is 26.0 Å². The van der Waals surface area contributed by atoms with E-state index in [2.05, 4.69) is 53.2 Å². The van der Waals surface area contributed by atoms with Gasteiger partial charge in [0.1, 0.15) is 11.5 Å². The Balaban J connectivity index is 1.47. The van der Waals surface area contributed by atoms with Gasteiger partial charge in [0.25, 0.3) is 0 Å². The molecule has 0 radical (unpaired) electrons. The van der Waals surface area contributed by atoms with Crippen LogP contribution in [0.4, 0.5) is 0 Å². The monoisotopic (exact) mass is 543 g/mol. The summed E-state index contributed by atoms with van der Waals surface area (Å²) in [7, 11) is 3.35. The highest BCUT2D eigenvalue weighted by atomic mass is 32.2. The fourth-order valence-corrected chi connectivity index (χ4v) is 5.41. The highest BCUT2D eigenvalue weighted by Gasteiger charge is 2.20. The lowest BCUT2D eigenvalue weighted by Crippen LogP contribution is -2.25. The molecule has 1 aromatic heterocycles. The smallest absolute Gasteiger partial charge is 0.220 e. The molecule has 0 atom stereocenters. The zero-order chi connectivity index (χ0) is 27.5. The Morgan fingerprint density at radius 3 is 2.15 bits per heavy atom. The molecule has 0 saturated heterocycles. The predicted molar refractivity (Wildman–Crippen MR) is 160 cm³/mol. The van der Waals surface area contributed by atoms with Crippen molar-refractivity contribution in [1.82, 2.24) is 14.9 Å². The summed E-state index contributed by atoms with van der Waals surface area (Å²) in [5.74, 6) is 2.55. The van der Waals surface area contributed by atoms with Crippen LogP contribution in [0.3, 0.4) is 0 Å². The fourth-order valence-electron chi connectivity index (χ4n) is 4.44. The summed E-state index contributed by atoms with van der Waals surface area (Å²) in [4.78, 5) is 17.5. The Morgan fingerprint density at radius 1 is 0.897 bits per heavy atom. The van der Waals surface area contributed by atoms with E-state index < -0.39 is 0 Å². The van der Waals surface area contributed by atoms with Crippen LogP contribution in [0.15, 0.2) is 84.0 Å². The lowest BCUT2D eigenvalue weighted by molar-refractivity contribution is -0.121. The van der Waals surface area contributed by atoms with Crippen LogP contribution in [0.2, 0.25) is 0 Å². The van der Waals surface area contributed by atoms with Crippen molar-refractivity contribution in [3.05, 3.63) is 84.4 Å². The first-order chi connectivity index (χ1) is 19.1. The van der Waals surface area contributed by atoms with Crippen LogP contribution in [0.25, 0.3) is 22.5 Å². The van der Waals surface area contributed by atoms with Gasteiger partial charge in [-0.15, -0.1) is 0 Å². The van der Waals surface area contributed by atoms with Crippen LogP contribution in [0.1, 0.15) is 31.7 Å². The van der Waals surface area contributed by atoms with E-state index in [1.807, 2.05) is 42.5 Å². The van der Waals surface area contributed by atoms with Crippen molar-refractivity contribution in [3.63, 3.8) is 0 Å². The molecule has 7 heteroatoms. The van der Waals surface area contributed by atoms with Crippen LogP contribution in [-0.2, 0) is 17.8 Å². The highest BCUT2D eigenvalue weighted by Crippen LogP contribution is 2.37. The predicted octanol–water partition coefficient (Wildman–Crippen LogP) is 6.88. The number of thioether (sulfide) groups is 1.